The molecule has 2 rings (SSSR count). The maximum Gasteiger partial charge on any atom is 0.257 e. The molecule has 0 unspecified atom stereocenters. The van der Waals surface area contributed by atoms with Crippen LogP contribution in [0, 0.1) is 0 Å². The lowest BCUT2D eigenvalue weighted by Crippen LogP contribution is -2.48. The lowest BCUT2D eigenvalue weighted by atomic mass is 10.2. The van der Waals surface area contributed by atoms with Crippen molar-refractivity contribution < 1.29 is 9.53 Å². The minimum absolute atomic E-state index is 0.0155. The number of ether oxygens (including phenoxy) is 1. The van der Waals surface area contributed by atoms with E-state index in [1.54, 1.807) is 19.5 Å². The minimum Gasteiger partial charge on any atom is -0.385 e. The maximum atomic E-state index is 12.4. The molecule has 1 N–H and O–H groups in total. The highest BCUT2D eigenvalue weighted by Crippen LogP contribution is 2.08. The first-order chi connectivity index (χ1) is 10.7. The van der Waals surface area contributed by atoms with Gasteiger partial charge in [-0.2, -0.15) is 0 Å². The first-order valence-electron chi connectivity index (χ1n) is 7.81. The first kappa shape index (κ1) is 16.6. The van der Waals surface area contributed by atoms with Gasteiger partial charge in [0.1, 0.15) is 0 Å². The fourth-order valence-electron chi connectivity index (χ4n) is 2.40. The lowest BCUT2D eigenvalue weighted by Gasteiger charge is -2.33. The Hall–Kier alpha value is -1.73. The third-order valence-electron chi connectivity index (χ3n) is 3.81. The molecule has 0 saturated carbocycles. The lowest BCUT2D eigenvalue weighted by molar-refractivity contribution is 0.0642. The third kappa shape index (κ3) is 4.64. The van der Waals surface area contributed by atoms with E-state index in [4.69, 9.17) is 4.74 Å². The molecule has 122 valence electrons. The van der Waals surface area contributed by atoms with E-state index in [1.807, 2.05) is 4.90 Å². The molecule has 1 aromatic heterocycles. The Morgan fingerprint density at radius 1 is 1.27 bits per heavy atom. The fraction of sp³-hybridized carbons (Fsp3) is 0.667. The van der Waals surface area contributed by atoms with Gasteiger partial charge in [0.25, 0.3) is 5.91 Å². The summed E-state index contributed by atoms with van der Waals surface area (Å²) in [7, 11) is 1.68. The number of likely N-dealkylation sites (N-methyl/N-ethyl adjacent to an activating group) is 1. The zero-order chi connectivity index (χ0) is 15.8. The third-order valence-corrected chi connectivity index (χ3v) is 3.81. The number of anilines is 1. The minimum atomic E-state index is 0.0155. The topological polar surface area (TPSA) is 70.6 Å². The molecular weight excluding hydrogens is 282 g/mol. The second kappa shape index (κ2) is 8.65. The van der Waals surface area contributed by atoms with Crippen LogP contribution in [0.5, 0.6) is 0 Å². The van der Waals surface area contributed by atoms with E-state index in [0.29, 0.717) is 18.1 Å². The SMILES string of the molecule is CCN1CCN(C(=O)c2cnc(NCCCOC)nc2)CC1. The van der Waals surface area contributed by atoms with Crippen molar-refractivity contribution in [3.8, 4) is 0 Å². The van der Waals surface area contributed by atoms with E-state index in [9.17, 15) is 4.79 Å². The quantitative estimate of drug-likeness (QED) is 0.748. The molecule has 2 heterocycles. The highest BCUT2D eigenvalue weighted by atomic mass is 16.5. The highest BCUT2D eigenvalue weighted by molar-refractivity contribution is 5.93. The summed E-state index contributed by atoms with van der Waals surface area (Å²) in [5.41, 5.74) is 0.549. The number of methoxy groups -OCH3 is 1. The van der Waals surface area contributed by atoms with Crippen LogP contribution in [0.15, 0.2) is 12.4 Å². The molecule has 1 fully saturated rings. The van der Waals surface area contributed by atoms with Crippen molar-refractivity contribution in [3.63, 3.8) is 0 Å². The van der Waals surface area contributed by atoms with Gasteiger partial charge in [0.2, 0.25) is 5.95 Å². The zero-order valence-corrected chi connectivity index (χ0v) is 13.4. The standard InChI is InChI=1S/C15H25N5O2/c1-3-19-6-8-20(9-7-19)14(21)13-11-17-15(18-12-13)16-5-4-10-22-2/h11-12H,3-10H2,1-2H3,(H,16,17,18). The predicted molar refractivity (Wildman–Crippen MR) is 85.0 cm³/mol. The number of nitrogens with zero attached hydrogens (tertiary/aromatic N) is 4. The number of carbonyl (C=O) groups is 1. The smallest absolute Gasteiger partial charge is 0.257 e. The van der Waals surface area contributed by atoms with E-state index in [-0.39, 0.29) is 5.91 Å². The molecule has 1 amide bonds. The molecule has 7 heteroatoms. The summed E-state index contributed by atoms with van der Waals surface area (Å²) in [6.07, 6.45) is 4.09. The summed E-state index contributed by atoms with van der Waals surface area (Å²) in [6, 6.07) is 0. The van der Waals surface area contributed by atoms with Gasteiger partial charge in [0, 0.05) is 58.8 Å². The number of carbonyl (C=O) groups excluding carboxylic acids is 1. The molecule has 1 aromatic rings. The molecule has 0 radical (unpaired) electrons. The van der Waals surface area contributed by atoms with E-state index in [2.05, 4.69) is 27.1 Å². The second-order valence-electron chi connectivity index (χ2n) is 5.29. The van der Waals surface area contributed by atoms with Gasteiger partial charge < -0.3 is 19.9 Å². The molecule has 7 nitrogen and oxygen atoms in total. The number of amides is 1. The van der Waals surface area contributed by atoms with Gasteiger partial charge >= 0.3 is 0 Å². The predicted octanol–water partition coefficient (Wildman–Crippen LogP) is 0.703. The van der Waals surface area contributed by atoms with Crippen molar-refractivity contribution in [2.45, 2.75) is 13.3 Å². The van der Waals surface area contributed by atoms with Crippen LogP contribution in [-0.2, 0) is 4.74 Å². The molecule has 0 aliphatic carbocycles. The van der Waals surface area contributed by atoms with Gasteiger partial charge in [-0.15, -0.1) is 0 Å². The number of piperazine rings is 1. The summed E-state index contributed by atoms with van der Waals surface area (Å²) in [5, 5.41) is 3.10. The molecule has 1 aliphatic heterocycles. The second-order valence-corrected chi connectivity index (χ2v) is 5.29. The Balaban J connectivity index is 1.83. The van der Waals surface area contributed by atoms with Crippen LogP contribution in [0.4, 0.5) is 5.95 Å². The van der Waals surface area contributed by atoms with E-state index in [1.165, 1.54) is 0 Å². The van der Waals surface area contributed by atoms with Crippen molar-refractivity contribution in [3.05, 3.63) is 18.0 Å². The van der Waals surface area contributed by atoms with Crippen molar-refractivity contribution >= 4 is 11.9 Å². The van der Waals surface area contributed by atoms with Crippen LogP contribution in [0.2, 0.25) is 0 Å². The van der Waals surface area contributed by atoms with Gasteiger partial charge in [0.15, 0.2) is 0 Å². The molecular formula is C15H25N5O2. The van der Waals surface area contributed by atoms with Crippen molar-refractivity contribution in [2.75, 3.05) is 58.3 Å². The van der Waals surface area contributed by atoms with Gasteiger partial charge in [-0.25, -0.2) is 9.97 Å². The Kier molecular flexibility index (Phi) is 6.54. The van der Waals surface area contributed by atoms with Crippen LogP contribution in [0.3, 0.4) is 0 Å². The average Bonchev–Trinajstić information content (AvgIpc) is 2.59. The highest BCUT2D eigenvalue weighted by Gasteiger charge is 2.21. The Labute approximate surface area is 131 Å². The molecule has 0 atom stereocenters. The first-order valence-corrected chi connectivity index (χ1v) is 7.81. The van der Waals surface area contributed by atoms with Crippen molar-refractivity contribution in [2.24, 2.45) is 0 Å². The Morgan fingerprint density at radius 2 is 1.95 bits per heavy atom. The molecule has 1 saturated heterocycles. The fourth-order valence-corrected chi connectivity index (χ4v) is 2.40. The van der Waals surface area contributed by atoms with Crippen molar-refractivity contribution in [1.82, 2.24) is 19.8 Å². The van der Waals surface area contributed by atoms with Crippen LogP contribution < -0.4 is 5.32 Å². The summed E-state index contributed by atoms with van der Waals surface area (Å²) >= 11 is 0. The van der Waals surface area contributed by atoms with Crippen molar-refractivity contribution in [1.29, 1.82) is 0 Å². The zero-order valence-electron chi connectivity index (χ0n) is 13.4. The number of rotatable bonds is 7. The number of hydrogen-bond acceptors (Lipinski definition) is 6. The van der Waals surface area contributed by atoms with E-state index in [0.717, 1.165) is 45.7 Å². The molecule has 0 spiro atoms. The van der Waals surface area contributed by atoms with Crippen LogP contribution in [0.25, 0.3) is 0 Å². The normalized spacial score (nSPS) is 15.8. The van der Waals surface area contributed by atoms with Gasteiger partial charge in [-0.3, -0.25) is 4.79 Å². The van der Waals surface area contributed by atoms with Gasteiger partial charge in [-0.05, 0) is 13.0 Å². The maximum absolute atomic E-state index is 12.4. The van der Waals surface area contributed by atoms with E-state index < -0.39 is 0 Å². The van der Waals surface area contributed by atoms with Crippen LogP contribution in [0.1, 0.15) is 23.7 Å². The van der Waals surface area contributed by atoms with Crippen LogP contribution >= 0.6 is 0 Å². The van der Waals surface area contributed by atoms with Gasteiger partial charge in [-0.1, -0.05) is 6.92 Å². The summed E-state index contributed by atoms with van der Waals surface area (Å²) < 4.78 is 4.98. The molecule has 0 bridgehead atoms. The number of hydrogen-bond donors (Lipinski definition) is 1. The van der Waals surface area contributed by atoms with E-state index >= 15 is 0 Å². The summed E-state index contributed by atoms with van der Waals surface area (Å²) in [4.78, 5) is 25.0. The average molecular weight is 307 g/mol. The molecule has 22 heavy (non-hydrogen) atoms. The van der Waals surface area contributed by atoms with Gasteiger partial charge in [0.05, 0.1) is 5.56 Å². The van der Waals surface area contributed by atoms with Crippen LogP contribution in [-0.4, -0.2) is 78.7 Å². The summed E-state index contributed by atoms with van der Waals surface area (Å²) in [5.74, 6) is 0.560. The Bertz CT molecular complexity index is 458. The monoisotopic (exact) mass is 307 g/mol. The number of aromatic nitrogens is 2. The Morgan fingerprint density at radius 3 is 2.55 bits per heavy atom. The summed E-state index contributed by atoms with van der Waals surface area (Å²) in [6.45, 7) is 8.03. The largest absolute Gasteiger partial charge is 0.385 e. The number of nitrogens with one attached hydrogen (secondary N) is 1. The molecule has 1 aliphatic rings. The molecule has 0 aromatic carbocycles.